The summed E-state index contributed by atoms with van der Waals surface area (Å²) in [5, 5.41) is 2.97. The number of hydrogen-bond acceptors (Lipinski definition) is 2. The fourth-order valence-electron chi connectivity index (χ4n) is 3.49. The first-order chi connectivity index (χ1) is 13.3. The van der Waals surface area contributed by atoms with E-state index in [4.69, 9.17) is 4.74 Å². The second kappa shape index (κ2) is 8.66. The normalized spacial score (nSPS) is 16.6. The highest BCUT2D eigenvalue weighted by Gasteiger charge is 2.41. The van der Waals surface area contributed by atoms with Gasteiger partial charge in [-0.2, -0.15) is 13.2 Å². The number of ether oxygens (including phenoxy) is 1. The molecule has 150 valence electrons. The third kappa shape index (κ3) is 4.75. The molecule has 1 aliphatic heterocycles. The molecule has 0 spiro atoms. The van der Waals surface area contributed by atoms with Crippen LogP contribution in [0.15, 0.2) is 53.0 Å². The summed E-state index contributed by atoms with van der Waals surface area (Å²) in [6.45, 7) is 1.40. The molecule has 0 bridgehead atoms. The SMILES string of the molecule is O=C(NCCc1ccc(C(F)(F)F)cc1)C1(c2ccc(Br)cc2)CCOCC1. The maximum atomic E-state index is 13.1. The van der Waals surface area contributed by atoms with Gasteiger partial charge < -0.3 is 10.1 Å². The Morgan fingerprint density at radius 2 is 1.64 bits per heavy atom. The van der Waals surface area contributed by atoms with E-state index in [9.17, 15) is 18.0 Å². The first-order valence-electron chi connectivity index (χ1n) is 9.09. The lowest BCUT2D eigenvalue weighted by molar-refractivity contribution is -0.137. The number of nitrogens with one attached hydrogen (secondary N) is 1. The summed E-state index contributed by atoms with van der Waals surface area (Å²) >= 11 is 3.41. The Bertz CT molecular complexity index is 798. The molecule has 0 atom stereocenters. The monoisotopic (exact) mass is 455 g/mol. The van der Waals surface area contributed by atoms with Gasteiger partial charge in [-0.15, -0.1) is 0 Å². The zero-order valence-corrected chi connectivity index (χ0v) is 16.8. The molecule has 0 saturated carbocycles. The Morgan fingerprint density at radius 3 is 2.21 bits per heavy atom. The Labute approximate surface area is 170 Å². The molecule has 2 aromatic carbocycles. The van der Waals surface area contributed by atoms with Crippen molar-refractivity contribution < 1.29 is 22.7 Å². The average Bonchev–Trinajstić information content (AvgIpc) is 2.68. The van der Waals surface area contributed by atoms with Crippen molar-refractivity contribution >= 4 is 21.8 Å². The van der Waals surface area contributed by atoms with Gasteiger partial charge in [0.25, 0.3) is 0 Å². The molecular formula is C21H21BrF3NO2. The van der Waals surface area contributed by atoms with Crippen LogP contribution in [0.4, 0.5) is 13.2 Å². The minimum Gasteiger partial charge on any atom is -0.381 e. The molecular weight excluding hydrogens is 435 g/mol. The second-order valence-electron chi connectivity index (χ2n) is 6.90. The van der Waals surface area contributed by atoms with Gasteiger partial charge in [0, 0.05) is 24.2 Å². The molecule has 7 heteroatoms. The van der Waals surface area contributed by atoms with E-state index in [0.29, 0.717) is 39.0 Å². The van der Waals surface area contributed by atoms with Crippen molar-refractivity contribution in [3.8, 4) is 0 Å². The van der Waals surface area contributed by atoms with Crippen molar-refractivity contribution in [3.05, 3.63) is 69.7 Å². The summed E-state index contributed by atoms with van der Waals surface area (Å²) in [5.74, 6) is -0.0648. The number of alkyl halides is 3. The number of hydrogen-bond donors (Lipinski definition) is 1. The molecule has 1 saturated heterocycles. The van der Waals surface area contributed by atoms with Crippen molar-refractivity contribution in [1.82, 2.24) is 5.32 Å². The summed E-state index contributed by atoms with van der Waals surface area (Å²) in [7, 11) is 0. The van der Waals surface area contributed by atoms with Gasteiger partial charge in [-0.1, -0.05) is 40.2 Å². The Morgan fingerprint density at radius 1 is 1.04 bits per heavy atom. The average molecular weight is 456 g/mol. The smallest absolute Gasteiger partial charge is 0.381 e. The number of rotatable bonds is 5. The zero-order valence-electron chi connectivity index (χ0n) is 15.2. The van der Waals surface area contributed by atoms with Crippen LogP contribution in [0, 0.1) is 0 Å². The predicted octanol–water partition coefficient (Wildman–Crippen LogP) is 4.88. The van der Waals surface area contributed by atoms with Gasteiger partial charge in [-0.3, -0.25) is 4.79 Å². The van der Waals surface area contributed by atoms with Gasteiger partial charge in [0.1, 0.15) is 0 Å². The molecule has 3 rings (SSSR count). The summed E-state index contributed by atoms with van der Waals surface area (Å²) in [6, 6.07) is 12.8. The van der Waals surface area contributed by atoms with Crippen LogP contribution < -0.4 is 5.32 Å². The Kier molecular flexibility index (Phi) is 6.45. The van der Waals surface area contributed by atoms with Crippen LogP contribution in [0.1, 0.15) is 29.5 Å². The molecule has 3 nitrogen and oxygen atoms in total. The highest BCUT2D eigenvalue weighted by Crippen LogP contribution is 2.36. The van der Waals surface area contributed by atoms with Gasteiger partial charge in [0.15, 0.2) is 0 Å². The summed E-state index contributed by atoms with van der Waals surface area (Å²) in [4.78, 5) is 13.1. The lowest BCUT2D eigenvalue weighted by Crippen LogP contribution is -2.48. The van der Waals surface area contributed by atoms with E-state index >= 15 is 0 Å². The predicted molar refractivity (Wildman–Crippen MR) is 104 cm³/mol. The summed E-state index contributed by atoms with van der Waals surface area (Å²) in [6.07, 6.45) is -2.68. The van der Waals surface area contributed by atoms with Gasteiger partial charge in [-0.25, -0.2) is 0 Å². The lowest BCUT2D eigenvalue weighted by Gasteiger charge is -2.36. The molecule has 1 N–H and O–H groups in total. The third-order valence-corrected chi connectivity index (χ3v) is 5.69. The van der Waals surface area contributed by atoms with Crippen LogP contribution in [0.5, 0.6) is 0 Å². The number of carbonyl (C=O) groups excluding carboxylic acids is 1. The van der Waals surface area contributed by atoms with Gasteiger partial charge >= 0.3 is 6.18 Å². The van der Waals surface area contributed by atoms with Crippen LogP contribution in [-0.4, -0.2) is 25.7 Å². The van der Waals surface area contributed by atoms with Crippen molar-refractivity contribution in [2.45, 2.75) is 30.9 Å². The van der Waals surface area contributed by atoms with E-state index in [-0.39, 0.29) is 5.91 Å². The van der Waals surface area contributed by atoms with E-state index in [2.05, 4.69) is 21.2 Å². The van der Waals surface area contributed by atoms with Crippen LogP contribution >= 0.6 is 15.9 Å². The topological polar surface area (TPSA) is 38.3 Å². The highest BCUT2D eigenvalue weighted by molar-refractivity contribution is 9.10. The number of carbonyl (C=O) groups is 1. The van der Waals surface area contributed by atoms with Crippen molar-refractivity contribution in [1.29, 1.82) is 0 Å². The molecule has 28 heavy (non-hydrogen) atoms. The zero-order chi connectivity index (χ0) is 20.2. The maximum absolute atomic E-state index is 13.1. The number of amides is 1. The first-order valence-corrected chi connectivity index (χ1v) is 9.89. The molecule has 0 aliphatic carbocycles. The van der Waals surface area contributed by atoms with Crippen LogP contribution in [0.25, 0.3) is 0 Å². The first kappa shape index (κ1) is 20.9. The quantitative estimate of drug-likeness (QED) is 0.697. The van der Waals surface area contributed by atoms with Crippen molar-refractivity contribution in [2.24, 2.45) is 0 Å². The second-order valence-corrected chi connectivity index (χ2v) is 7.82. The van der Waals surface area contributed by atoms with E-state index in [1.165, 1.54) is 12.1 Å². The van der Waals surface area contributed by atoms with E-state index in [0.717, 1.165) is 27.7 Å². The molecule has 1 fully saturated rings. The largest absolute Gasteiger partial charge is 0.416 e. The summed E-state index contributed by atoms with van der Waals surface area (Å²) in [5.41, 5.74) is 0.389. The Hall–Kier alpha value is -1.86. The van der Waals surface area contributed by atoms with Gasteiger partial charge in [0.2, 0.25) is 5.91 Å². The Balaban J connectivity index is 1.65. The van der Waals surface area contributed by atoms with Crippen LogP contribution in [0.3, 0.4) is 0 Å². The van der Waals surface area contributed by atoms with E-state index in [1.54, 1.807) is 0 Å². The van der Waals surface area contributed by atoms with E-state index < -0.39 is 17.2 Å². The van der Waals surface area contributed by atoms with Crippen LogP contribution in [-0.2, 0) is 27.5 Å². The minimum atomic E-state index is -4.34. The van der Waals surface area contributed by atoms with Crippen molar-refractivity contribution in [3.63, 3.8) is 0 Å². The molecule has 0 aromatic heterocycles. The standard InChI is InChI=1S/C21H21BrF3NO2/c22-18-7-5-16(6-8-18)20(10-13-28-14-11-20)19(27)26-12-9-15-1-3-17(4-2-15)21(23,24)25/h1-8H,9-14H2,(H,26,27). The fraction of sp³-hybridized carbons (Fsp3) is 0.381. The highest BCUT2D eigenvalue weighted by atomic mass is 79.9. The van der Waals surface area contributed by atoms with Crippen LogP contribution in [0.2, 0.25) is 0 Å². The van der Waals surface area contributed by atoms with E-state index in [1.807, 2.05) is 24.3 Å². The fourth-order valence-corrected chi connectivity index (χ4v) is 3.75. The number of halogens is 4. The maximum Gasteiger partial charge on any atom is 0.416 e. The van der Waals surface area contributed by atoms with Gasteiger partial charge in [0.05, 0.1) is 11.0 Å². The molecule has 1 amide bonds. The lowest BCUT2D eigenvalue weighted by atomic mass is 9.73. The summed E-state index contributed by atoms with van der Waals surface area (Å²) < 4.78 is 44.3. The molecule has 1 heterocycles. The minimum absolute atomic E-state index is 0.0648. The van der Waals surface area contributed by atoms with Gasteiger partial charge in [-0.05, 0) is 54.7 Å². The third-order valence-electron chi connectivity index (χ3n) is 5.16. The van der Waals surface area contributed by atoms with Crippen molar-refractivity contribution in [2.75, 3.05) is 19.8 Å². The molecule has 1 aliphatic rings. The number of benzene rings is 2. The molecule has 2 aromatic rings. The molecule has 0 unspecified atom stereocenters. The molecule has 0 radical (unpaired) electrons.